The number of rotatable bonds is 5. The zero-order valence-corrected chi connectivity index (χ0v) is 24.4. The Morgan fingerprint density at radius 1 is 0.465 bits per heavy atom. The SMILES string of the molecule is CC1(C)c2ccccc2-c2cc3c(N(c4ccccc4)c4ccccc4)c4ccccc4c(Nc4ccccc4)c3cc21. The minimum atomic E-state index is -0.103. The van der Waals surface area contributed by atoms with Gasteiger partial charge in [0.05, 0.1) is 11.4 Å². The Morgan fingerprint density at radius 2 is 1.02 bits per heavy atom. The van der Waals surface area contributed by atoms with Gasteiger partial charge in [-0.25, -0.2) is 0 Å². The maximum atomic E-state index is 3.86. The first kappa shape index (κ1) is 25.4. The molecule has 7 aromatic rings. The van der Waals surface area contributed by atoms with Crippen LogP contribution in [0.5, 0.6) is 0 Å². The number of benzene rings is 7. The molecule has 0 saturated carbocycles. The van der Waals surface area contributed by atoms with Gasteiger partial charge in [0.25, 0.3) is 0 Å². The van der Waals surface area contributed by atoms with E-state index in [2.05, 4.69) is 176 Å². The van der Waals surface area contributed by atoms with Crippen LogP contribution in [-0.2, 0) is 5.41 Å². The summed E-state index contributed by atoms with van der Waals surface area (Å²) in [4.78, 5) is 2.43. The molecule has 0 atom stereocenters. The van der Waals surface area contributed by atoms with E-state index in [1.807, 2.05) is 0 Å². The van der Waals surface area contributed by atoms with Gasteiger partial charge in [0.15, 0.2) is 0 Å². The zero-order valence-electron chi connectivity index (χ0n) is 24.4. The Kier molecular flexibility index (Phi) is 5.84. The maximum absolute atomic E-state index is 3.86. The molecule has 0 spiro atoms. The van der Waals surface area contributed by atoms with Gasteiger partial charge in [-0.15, -0.1) is 0 Å². The van der Waals surface area contributed by atoms with Crippen LogP contribution in [0.1, 0.15) is 25.0 Å². The van der Waals surface area contributed by atoms with Crippen LogP contribution in [0.3, 0.4) is 0 Å². The highest BCUT2D eigenvalue weighted by atomic mass is 15.1. The van der Waals surface area contributed by atoms with Crippen LogP contribution in [0.4, 0.5) is 28.4 Å². The summed E-state index contributed by atoms with van der Waals surface area (Å²) in [5.41, 5.74) is 10.9. The molecule has 2 heteroatoms. The summed E-state index contributed by atoms with van der Waals surface area (Å²) in [6.07, 6.45) is 0. The molecule has 0 unspecified atom stereocenters. The predicted octanol–water partition coefficient (Wildman–Crippen LogP) is 11.5. The molecule has 0 heterocycles. The topological polar surface area (TPSA) is 15.3 Å². The minimum absolute atomic E-state index is 0.103. The van der Waals surface area contributed by atoms with E-state index in [1.165, 1.54) is 49.5 Å². The standard InChI is InChI=1S/C41H32N2/c1-41(2)37-25-15-14-22-31(37)34-26-36-35(27-38(34)41)39(42-28-16-6-3-7-17-28)32-23-12-13-24-33(32)40(36)43(29-18-8-4-9-19-29)30-20-10-5-11-21-30/h3-27,42H,1-2H3. The third-order valence-electron chi connectivity index (χ3n) is 8.99. The van der Waals surface area contributed by atoms with Crippen molar-refractivity contribution in [2.24, 2.45) is 0 Å². The van der Waals surface area contributed by atoms with Crippen molar-refractivity contribution in [3.8, 4) is 11.1 Å². The van der Waals surface area contributed by atoms with Gasteiger partial charge in [-0.1, -0.05) is 117 Å². The average molecular weight is 553 g/mol. The third-order valence-corrected chi connectivity index (χ3v) is 8.99. The highest BCUT2D eigenvalue weighted by molar-refractivity contribution is 6.23. The van der Waals surface area contributed by atoms with Crippen molar-refractivity contribution in [3.05, 3.63) is 163 Å². The van der Waals surface area contributed by atoms with Crippen molar-refractivity contribution in [3.63, 3.8) is 0 Å². The molecule has 0 aliphatic heterocycles. The van der Waals surface area contributed by atoms with E-state index < -0.39 is 0 Å². The van der Waals surface area contributed by atoms with E-state index in [9.17, 15) is 0 Å². The van der Waals surface area contributed by atoms with E-state index in [0.717, 1.165) is 22.7 Å². The number of nitrogens with one attached hydrogen (secondary N) is 1. The van der Waals surface area contributed by atoms with Gasteiger partial charge in [-0.3, -0.25) is 0 Å². The van der Waals surface area contributed by atoms with Crippen molar-refractivity contribution in [1.82, 2.24) is 0 Å². The van der Waals surface area contributed by atoms with E-state index >= 15 is 0 Å². The summed E-state index contributed by atoms with van der Waals surface area (Å²) in [5.74, 6) is 0. The molecule has 0 amide bonds. The number of para-hydroxylation sites is 3. The Morgan fingerprint density at radius 3 is 1.70 bits per heavy atom. The molecule has 0 bridgehead atoms. The molecule has 0 saturated heterocycles. The van der Waals surface area contributed by atoms with Gasteiger partial charge >= 0.3 is 0 Å². The van der Waals surface area contributed by atoms with E-state index in [4.69, 9.17) is 0 Å². The summed E-state index contributed by atoms with van der Waals surface area (Å²) >= 11 is 0. The van der Waals surface area contributed by atoms with Crippen LogP contribution >= 0.6 is 0 Å². The van der Waals surface area contributed by atoms with E-state index in [0.29, 0.717) is 0 Å². The van der Waals surface area contributed by atoms with Crippen molar-refractivity contribution in [2.75, 3.05) is 10.2 Å². The quantitative estimate of drug-likeness (QED) is 0.169. The van der Waals surface area contributed by atoms with Crippen molar-refractivity contribution in [2.45, 2.75) is 19.3 Å². The second-order valence-electron chi connectivity index (χ2n) is 11.9. The fourth-order valence-corrected chi connectivity index (χ4v) is 6.95. The van der Waals surface area contributed by atoms with E-state index in [1.54, 1.807) is 0 Å². The molecule has 206 valence electrons. The summed E-state index contributed by atoms with van der Waals surface area (Å²) in [6.45, 7) is 4.71. The molecule has 43 heavy (non-hydrogen) atoms. The minimum Gasteiger partial charge on any atom is -0.355 e. The number of hydrogen-bond donors (Lipinski definition) is 1. The Labute approximate surface area is 252 Å². The molecule has 2 nitrogen and oxygen atoms in total. The summed E-state index contributed by atoms with van der Waals surface area (Å²) < 4.78 is 0. The highest BCUT2D eigenvalue weighted by Crippen LogP contribution is 2.54. The van der Waals surface area contributed by atoms with Crippen LogP contribution in [-0.4, -0.2) is 0 Å². The zero-order chi connectivity index (χ0) is 29.0. The molecule has 0 aromatic heterocycles. The Hall–Kier alpha value is -5.34. The van der Waals surface area contributed by atoms with Crippen LogP contribution in [0.15, 0.2) is 152 Å². The molecule has 8 rings (SSSR count). The van der Waals surface area contributed by atoms with Crippen molar-refractivity contribution >= 4 is 50.0 Å². The fourth-order valence-electron chi connectivity index (χ4n) is 6.95. The monoisotopic (exact) mass is 552 g/mol. The average Bonchev–Trinajstić information content (AvgIpc) is 3.28. The molecular weight excluding hydrogens is 520 g/mol. The number of fused-ring (bicyclic) bond motifs is 5. The van der Waals surface area contributed by atoms with Gasteiger partial charge < -0.3 is 10.2 Å². The van der Waals surface area contributed by atoms with Crippen LogP contribution < -0.4 is 10.2 Å². The summed E-state index contributed by atoms with van der Waals surface area (Å²) in [7, 11) is 0. The summed E-state index contributed by atoms with van der Waals surface area (Å²) in [5, 5.41) is 8.69. The van der Waals surface area contributed by atoms with Crippen LogP contribution in [0.25, 0.3) is 32.7 Å². The van der Waals surface area contributed by atoms with E-state index in [-0.39, 0.29) is 5.41 Å². The van der Waals surface area contributed by atoms with Gasteiger partial charge in [0.1, 0.15) is 0 Å². The molecule has 1 N–H and O–H groups in total. The lowest BCUT2D eigenvalue weighted by Crippen LogP contribution is -2.15. The van der Waals surface area contributed by atoms with Crippen molar-refractivity contribution < 1.29 is 0 Å². The highest BCUT2D eigenvalue weighted by Gasteiger charge is 2.36. The Bertz CT molecular complexity index is 2070. The van der Waals surface area contributed by atoms with Gasteiger partial charge in [-0.05, 0) is 70.8 Å². The number of hydrogen-bond acceptors (Lipinski definition) is 2. The lowest BCUT2D eigenvalue weighted by atomic mass is 9.81. The molecule has 7 aromatic carbocycles. The first-order valence-electron chi connectivity index (χ1n) is 15.0. The molecular formula is C41H32N2. The lowest BCUT2D eigenvalue weighted by Gasteiger charge is -2.30. The van der Waals surface area contributed by atoms with Crippen LogP contribution in [0, 0.1) is 0 Å². The smallest absolute Gasteiger partial charge is 0.0620 e. The molecule has 0 fully saturated rings. The first-order chi connectivity index (χ1) is 21.1. The molecule has 0 radical (unpaired) electrons. The van der Waals surface area contributed by atoms with Crippen LogP contribution in [0.2, 0.25) is 0 Å². The number of nitrogens with zero attached hydrogens (tertiary/aromatic N) is 1. The van der Waals surface area contributed by atoms with Gasteiger partial charge in [-0.2, -0.15) is 0 Å². The lowest BCUT2D eigenvalue weighted by molar-refractivity contribution is 0.661. The summed E-state index contributed by atoms with van der Waals surface area (Å²) in [6, 6.07) is 54.6. The molecule has 1 aliphatic rings. The largest absolute Gasteiger partial charge is 0.355 e. The van der Waals surface area contributed by atoms with Gasteiger partial charge in [0, 0.05) is 44.0 Å². The third kappa shape index (κ3) is 4.02. The number of anilines is 5. The first-order valence-corrected chi connectivity index (χ1v) is 15.0. The fraction of sp³-hybridized carbons (Fsp3) is 0.0732. The second-order valence-corrected chi connectivity index (χ2v) is 11.9. The van der Waals surface area contributed by atoms with Crippen molar-refractivity contribution in [1.29, 1.82) is 0 Å². The maximum Gasteiger partial charge on any atom is 0.0620 e. The second kappa shape index (κ2) is 9.89. The van der Waals surface area contributed by atoms with Gasteiger partial charge in [0.2, 0.25) is 0 Å². The normalized spacial score (nSPS) is 13.1. The Balaban J connectivity index is 1.54. The molecule has 1 aliphatic carbocycles. The predicted molar refractivity (Wildman–Crippen MR) is 183 cm³/mol.